The number of carbonyl (C=O) groups is 3. The number of ketones is 1. The molecule has 0 saturated carbocycles. The van der Waals surface area contributed by atoms with Gasteiger partial charge in [0.25, 0.3) is 0 Å². The molecule has 0 spiro atoms. The van der Waals surface area contributed by atoms with Gasteiger partial charge in [0, 0.05) is 35.2 Å². The van der Waals surface area contributed by atoms with Crippen molar-refractivity contribution in [3.8, 4) is 5.69 Å². The van der Waals surface area contributed by atoms with Crippen LogP contribution < -0.4 is 5.32 Å². The van der Waals surface area contributed by atoms with Crippen molar-refractivity contribution in [1.82, 2.24) is 4.57 Å². The van der Waals surface area contributed by atoms with Crippen LogP contribution in [0.1, 0.15) is 39.0 Å². The van der Waals surface area contributed by atoms with Gasteiger partial charge in [-0.15, -0.1) is 0 Å². The van der Waals surface area contributed by atoms with Gasteiger partial charge in [-0.2, -0.15) is 0 Å². The largest absolute Gasteiger partial charge is 0.454 e. The molecule has 1 heterocycles. The van der Waals surface area contributed by atoms with Crippen molar-refractivity contribution in [2.75, 3.05) is 11.9 Å². The molecule has 0 aliphatic carbocycles. The summed E-state index contributed by atoms with van der Waals surface area (Å²) in [6, 6.07) is 17.9. The lowest BCUT2D eigenvalue weighted by Crippen LogP contribution is -2.15. The highest BCUT2D eigenvalue weighted by Crippen LogP contribution is 2.21. The maximum Gasteiger partial charge on any atom is 0.340 e. The average molecular weight is 390 g/mol. The monoisotopic (exact) mass is 390 g/mol. The number of hydrogen-bond acceptors (Lipinski definition) is 4. The second-order valence-corrected chi connectivity index (χ2v) is 6.71. The smallest absolute Gasteiger partial charge is 0.340 e. The van der Waals surface area contributed by atoms with Crippen LogP contribution in [-0.2, 0) is 9.53 Å². The summed E-state index contributed by atoms with van der Waals surface area (Å²) in [6.07, 6.45) is 0. The van der Waals surface area contributed by atoms with E-state index in [1.54, 1.807) is 30.3 Å². The van der Waals surface area contributed by atoms with Crippen molar-refractivity contribution in [3.05, 3.63) is 83.2 Å². The first-order valence-electron chi connectivity index (χ1n) is 9.19. The average Bonchev–Trinajstić information content (AvgIpc) is 3.01. The molecule has 1 aromatic heterocycles. The van der Waals surface area contributed by atoms with Gasteiger partial charge in [0.1, 0.15) is 0 Å². The molecule has 0 unspecified atom stereocenters. The first-order valence-corrected chi connectivity index (χ1v) is 9.19. The minimum absolute atomic E-state index is 0.189. The quantitative estimate of drug-likeness (QED) is 0.508. The van der Waals surface area contributed by atoms with E-state index in [0.717, 1.165) is 17.1 Å². The Morgan fingerprint density at radius 2 is 1.62 bits per heavy atom. The molecular formula is C23H22N2O4. The standard InChI is InChI=1S/C23H22N2O4/c1-15-13-21(16(2)25(15)20-7-5-4-6-8-20)23(28)29-14-22(27)18-9-11-19(12-10-18)24-17(3)26/h4-13H,14H2,1-3H3,(H,24,26). The van der Waals surface area contributed by atoms with Gasteiger partial charge in [0.15, 0.2) is 12.4 Å². The van der Waals surface area contributed by atoms with Gasteiger partial charge in [-0.25, -0.2) is 4.79 Å². The minimum Gasteiger partial charge on any atom is -0.454 e. The normalized spacial score (nSPS) is 10.4. The molecule has 3 aromatic rings. The number of para-hydroxylation sites is 1. The van der Waals surface area contributed by atoms with Gasteiger partial charge < -0.3 is 14.6 Å². The maximum atomic E-state index is 12.5. The molecule has 29 heavy (non-hydrogen) atoms. The zero-order valence-corrected chi connectivity index (χ0v) is 16.6. The van der Waals surface area contributed by atoms with Gasteiger partial charge in [-0.3, -0.25) is 9.59 Å². The highest BCUT2D eigenvalue weighted by Gasteiger charge is 2.19. The van der Waals surface area contributed by atoms with Crippen LogP contribution in [0.25, 0.3) is 5.69 Å². The molecule has 0 saturated heterocycles. The van der Waals surface area contributed by atoms with Crippen LogP contribution in [0.15, 0.2) is 60.7 Å². The Labute approximate surface area is 169 Å². The van der Waals surface area contributed by atoms with E-state index in [4.69, 9.17) is 4.74 Å². The summed E-state index contributed by atoms with van der Waals surface area (Å²) in [5.74, 6) is -1.04. The SMILES string of the molecule is CC(=O)Nc1ccc(C(=O)COC(=O)c2cc(C)n(-c3ccccc3)c2C)cc1. The predicted molar refractivity (Wildman–Crippen MR) is 111 cm³/mol. The Hall–Kier alpha value is -3.67. The summed E-state index contributed by atoms with van der Waals surface area (Å²) in [5.41, 5.74) is 4.05. The van der Waals surface area contributed by atoms with Gasteiger partial charge in [0.05, 0.1) is 5.56 Å². The molecule has 3 rings (SSSR count). The van der Waals surface area contributed by atoms with Crippen molar-refractivity contribution < 1.29 is 19.1 Å². The summed E-state index contributed by atoms with van der Waals surface area (Å²) in [6.45, 7) is 4.82. The van der Waals surface area contributed by atoms with Crippen molar-refractivity contribution in [1.29, 1.82) is 0 Å². The Kier molecular flexibility index (Phi) is 5.93. The number of anilines is 1. The third kappa shape index (κ3) is 4.60. The number of aromatic nitrogens is 1. The minimum atomic E-state index is -0.538. The zero-order valence-electron chi connectivity index (χ0n) is 16.6. The third-order valence-electron chi connectivity index (χ3n) is 4.53. The van der Waals surface area contributed by atoms with E-state index in [0.29, 0.717) is 16.8 Å². The molecule has 0 fully saturated rings. The Balaban J connectivity index is 1.68. The number of Topliss-reactive ketones (excluding diaryl/α,β-unsaturated/α-hetero) is 1. The van der Waals surface area contributed by atoms with Crippen LogP contribution in [0.2, 0.25) is 0 Å². The topological polar surface area (TPSA) is 77.4 Å². The Morgan fingerprint density at radius 1 is 0.966 bits per heavy atom. The van der Waals surface area contributed by atoms with E-state index in [-0.39, 0.29) is 18.3 Å². The number of rotatable bonds is 6. The summed E-state index contributed by atoms with van der Waals surface area (Å²) < 4.78 is 7.22. The highest BCUT2D eigenvalue weighted by molar-refractivity contribution is 6.00. The summed E-state index contributed by atoms with van der Waals surface area (Å²) in [7, 11) is 0. The van der Waals surface area contributed by atoms with Crippen molar-refractivity contribution in [3.63, 3.8) is 0 Å². The number of ether oxygens (including phenoxy) is 1. The molecule has 0 aliphatic rings. The molecule has 148 valence electrons. The lowest BCUT2D eigenvalue weighted by Gasteiger charge is -2.09. The number of amides is 1. The molecule has 1 amide bonds. The zero-order chi connectivity index (χ0) is 21.0. The fraction of sp³-hybridized carbons (Fsp3) is 0.174. The fourth-order valence-corrected chi connectivity index (χ4v) is 3.18. The van der Waals surface area contributed by atoms with Crippen molar-refractivity contribution in [2.45, 2.75) is 20.8 Å². The lowest BCUT2D eigenvalue weighted by molar-refractivity contribution is -0.114. The van der Waals surface area contributed by atoms with E-state index in [1.165, 1.54) is 6.92 Å². The number of aryl methyl sites for hydroxylation is 1. The number of nitrogens with one attached hydrogen (secondary N) is 1. The van der Waals surface area contributed by atoms with Crippen LogP contribution in [0.4, 0.5) is 5.69 Å². The van der Waals surface area contributed by atoms with Crippen LogP contribution in [0.5, 0.6) is 0 Å². The summed E-state index contributed by atoms with van der Waals surface area (Å²) in [4.78, 5) is 35.9. The number of carbonyl (C=O) groups excluding carboxylic acids is 3. The van der Waals surface area contributed by atoms with Crippen LogP contribution in [-0.4, -0.2) is 28.8 Å². The molecule has 0 aliphatic heterocycles. The number of benzene rings is 2. The van der Waals surface area contributed by atoms with Crippen LogP contribution >= 0.6 is 0 Å². The molecule has 6 heteroatoms. The fourth-order valence-electron chi connectivity index (χ4n) is 3.18. The van der Waals surface area contributed by atoms with Crippen molar-refractivity contribution >= 4 is 23.3 Å². The van der Waals surface area contributed by atoms with Gasteiger partial charge >= 0.3 is 5.97 Å². The maximum absolute atomic E-state index is 12.5. The molecule has 6 nitrogen and oxygen atoms in total. The summed E-state index contributed by atoms with van der Waals surface area (Å²) in [5, 5.41) is 2.63. The molecule has 1 N–H and O–H groups in total. The first kappa shape index (κ1) is 20.1. The van der Waals surface area contributed by atoms with E-state index in [9.17, 15) is 14.4 Å². The Morgan fingerprint density at radius 3 is 2.24 bits per heavy atom. The van der Waals surface area contributed by atoms with Gasteiger partial charge in [-0.05, 0) is 56.3 Å². The number of hydrogen-bond donors (Lipinski definition) is 1. The second-order valence-electron chi connectivity index (χ2n) is 6.71. The lowest BCUT2D eigenvalue weighted by atomic mass is 10.1. The first-order chi connectivity index (χ1) is 13.9. The van der Waals surface area contributed by atoms with E-state index < -0.39 is 5.97 Å². The van der Waals surface area contributed by atoms with E-state index in [2.05, 4.69) is 5.32 Å². The molecule has 0 radical (unpaired) electrons. The third-order valence-corrected chi connectivity index (χ3v) is 4.53. The molecule has 0 bridgehead atoms. The molecule has 0 atom stereocenters. The Bertz CT molecular complexity index is 1050. The highest BCUT2D eigenvalue weighted by atomic mass is 16.5. The number of esters is 1. The summed E-state index contributed by atoms with van der Waals surface area (Å²) >= 11 is 0. The molecule has 2 aromatic carbocycles. The van der Waals surface area contributed by atoms with Crippen molar-refractivity contribution in [2.24, 2.45) is 0 Å². The predicted octanol–water partition coefficient (Wildman–Crippen LogP) is 4.09. The van der Waals surface area contributed by atoms with Crippen LogP contribution in [0, 0.1) is 13.8 Å². The molecular weight excluding hydrogens is 368 g/mol. The van der Waals surface area contributed by atoms with E-state index in [1.807, 2.05) is 48.7 Å². The second kappa shape index (κ2) is 8.56. The number of nitrogens with zero attached hydrogens (tertiary/aromatic N) is 1. The van der Waals surface area contributed by atoms with E-state index >= 15 is 0 Å². The van der Waals surface area contributed by atoms with Gasteiger partial charge in [0.2, 0.25) is 5.91 Å². The van der Waals surface area contributed by atoms with Gasteiger partial charge in [-0.1, -0.05) is 18.2 Å². The van der Waals surface area contributed by atoms with Crippen LogP contribution in [0.3, 0.4) is 0 Å².